The van der Waals surface area contributed by atoms with Crippen molar-refractivity contribution in [2.24, 2.45) is 11.8 Å². The fraction of sp³-hybridized carbons (Fsp3) is 0.350. The van der Waals surface area contributed by atoms with E-state index >= 15 is 0 Å². The maximum absolute atomic E-state index is 11.1. The summed E-state index contributed by atoms with van der Waals surface area (Å²) >= 11 is 0. The van der Waals surface area contributed by atoms with Gasteiger partial charge in [0.15, 0.2) is 5.60 Å². The van der Waals surface area contributed by atoms with Crippen LogP contribution in [-0.2, 0) is 0 Å². The average molecular weight is 306 g/mol. The molecule has 1 fully saturated rings. The van der Waals surface area contributed by atoms with E-state index in [1.807, 2.05) is 74.5 Å². The van der Waals surface area contributed by atoms with Gasteiger partial charge in [-0.15, -0.1) is 0 Å². The molecular formula is C20H22N2O. The molecule has 3 heteroatoms. The zero-order chi connectivity index (χ0) is 16.4. The van der Waals surface area contributed by atoms with E-state index in [2.05, 4.69) is 11.4 Å². The van der Waals surface area contributed by atoms with Gasteiger partial charge in [-0.05, 0) is 11.1 Å². The van der Waals surface area contributed by atoms with Gasteiger partial charge in [0.25, 0.3) is 0 Å². The third-order valence-electron chi connectivity index (χ3n) is 5.24. The number of nitrogens with zero attached hydrogens (tertiary/aromatic N) is 1. The van der Waals surface area contributed by atoms with Crippen molar-refractivity contribution in [1.82, 2.24) is 5.32 Å². The minimum atomic E-state index is -1.37. The number of aliphatic hydroxyl groups is 1. The van der Waals surface area contributed by atoms with Crippen molar-refractivity contribution in [2.75, 3.05) is 0 Å². The Morgan fingerprint density at radius 2 is 1.26 bits per heavy atom. The molecule has 0 bridgehead atoms. The SMILES string of the molecule is C[C@H]1[C@@H](c2ccccc2)N[C@H](c2ccccc2)[C@H](C)C1(O)C#N. The maximum atomic E-state index is 11.1. The van der Waals surface area contributed by atoms with Gasteiger partial charge >= 0.3 is 0 Å². The zero-order valence-electron chi connectivity index (χ0n) is 13.5. The maximum Gasteiger partial charge on any atom is 0.159 e. The molecule has 23 heavy (non-hydrogen) atoms. The predicted molar refractivity (Wildman–Crippen MR) is 90.4 cm³/mol. The topological polar surface area (TPSA) is 56.0 Å². The second-order valence-electron chi connectivity index (χ2n) is 6.46. The molecule has 1 aliphatic heterocycles. The van der Waals surface area contributed by atoms with Crippen LogP contribution >= 0.6 is 0 Å². The second kappa shape index (κ2) is 6.16. The number of benzene rings is 2. The van der Waals surface area contributed by atoms with E-state index in [4.69, 9.17) is 0 Å². The van der Waals surface area contributed by atoms with Crippen molar-refractivity contribution in [3.05, 3.63) is 71.8 Å². The predicted octanol–water partition coefficient (Wildman–Crippen LogP) is 3.60. The Kier molecular flexibility index (Phi) is 4.21. The number of hydrogen-bond acceptors (Lipinski definition) is 3. The lowest BCUT2D eigenvalue weighted by molar-refractivity contribution is -0.0662. The van der Waals surface area contributed by atoms with Crippen LogP contribution in [-0.4, -0.2) is 10.7 Å². The Morgan fingerprint density at radius 1 is 0.870 bits per heavy atom. The highest BCUT2D eigenvalue weighted by molar-refractivity contribution is 5.30. The van der Waals surface area contributed by atoms with Crippen molar-refractivity contribution in [2.45, 2.75) is 31.5 Å². The van der Waals surface area contributed by atoms with Crippen LogP contribution in [0.5, 0.6) is 0 Å². The Morgan fingerprint density at radius 3 is 1.61 bits per heavy atom. The van der Waals surface area contributed by atoms with Crippen LogP contribution in [0.15, 0.2) is 60.7 Å². The summed E-state index contributed by atoms with van der Waals surface area (Å²) in [7, 11) is 0. The van der Waals surface area contributed by atoms with Gasteiger partial charge in [0.1, 0.15) is 0 Å². The highest BCUT2D eigenvalue weighted by atomic mass is 16.3. The van der Waals surface area contributed by atoms with Gasteiger partial charge in [-0.2, -0.15) is 5.26 Å². The summed E-state index contributed by atoms with van der Waals surface area (Å²) in [5.74, 6) is -0.408. The quantitative estimate of drug-likeness (QED) is 0.834. The number of nitriles is 1. The molecule has 4 atom stereocenters. The number of rotatable bonds is 2. The van der Waals surface area contributed by atoms with Gasteiger partial charge in [-0.25, -0.2) is 0 Å². The fourth-order valence-corrected chi connectivity index (χ4v) is 3.70. The largest absolute Gasteiger partial charge is 0.375 e. The number of nitrogens with one attached hydrogen (secondary N) is 1. The third kappa shape index (κ3) is 2.65. The molecule has 3 rings (SSSR count). The Hall–Kier alpha value is -2.15. The van der Waals surface area contributed by atoms with E-state index < -0.39 is 5.60 Å². The first kappa shape index (κ1) is 15.7. The molecule has 0 aliphatic carbocycles. The van der Waals surface area contributed by atoms with Crippen LogP contribution in [0, 0.1) is 23.2 Å². The molecule has 118 valence electrons. The van der Waals surface area contributed by atoms with Crippen molar-refractivity contribution < 1.29 is 5.11 Å². The smallest absolute Gasteiger partial charge is 0.159 e. The molecule has 0 unspecified atom stereocenters. The lowest BCUT2D eigenvalue weighted by Crippen LogP contribution is -2.56. The number of piperidine rings is 1. The molecule has 1 heterocycles. The standard InChI is InChI=1S/C20H22N2O/c1-14-18(16-9-5-3-6-10-16)22-19(15(2)20(14,23)13-21)17-11-7-4-8-12-17/h3-12,14-15,18-19,22-23H,1-2H3/t14-,15-,18-,19-/m0/s1. The number of hydrogen-bond donors (Lipinski definition) is 2. The molecule has 2 aromatic rings. The van der Waals surface area contributed by atoms with Crippen molar-refractivity contribution >= 4 is 0 Å². The van der Waals surface area contributed by atoms with Crippen LogP contribution in [0.4, 0.5) is 0 Å². The molecule has 2 aromatic carbocycles. The highest BCUT2D eigenvalue weighted by Crippen LogP contribution is 2.46. The van der Waals surface area contributed by atoms with Gasteiger partial charge in [0.2, 0.25) is 0 Å². The summed E-state index contributed by atoms with van der Waals surface area (Å²) in [5, 5.41) is 24.4. The molecule has 0 aromatic heterocycles. The molecule has 3 nitrogen and oxygen atoms in total. The van der Waals surface area contributed by atoms with Crippen LogP contribution in [0.2, 0.25) is 0 Å². The normalized spacial score (nSPS) is 33.8. The molecule has 0 saturated carbocycles. The second-order valence-corrected chi connectivity index (χ2v) is 6.46. The van der Waals surface area contributed by atoms with Crippen molar-refractivity contribution in [3.8, 4) is 6.07 Å². The summed E-state index contributed by atoms with van der Waals surface area (Å²) < 4.78 is 0. The minimum absolute atomic E-state index is 0.0674. The van der Waals surface area contributed by atoms with E-state index in [9.17, 15) is 10.4 Å². The fourth-order valence-electron chi connectivity index (χ4n) is 3.70. The van der Waals surface area contributed by atoms with Gasteiger partial charge in [0.05, 0.1) is 6.07 Å². The van der Waals surface area contributed by atoms with Gasteiger partial charge in [-0.1, -0.05) is 74.5 Å². The Bertz CT molecular complexity index is 641. The van der Waals surface area contributed by atoms with Gasteiger partial charge < -0.3 is 10.4 Å². The molecule has 1 saturated heterocycles. The summed E-state index contributed by atoms with van der Waals surface area (Å²) in [6.45, 7) is 3.90. The minimum Gasteiger partial charge on any atom is -0.375 e. The lowest BCUT2D eigenvalue weighted by Gasteiger charge is -2.48. The van der Waals surface area contributed by atoms with E-state index in [1.54, 1.807) is 0 Å². The molecule has 1 aliphatic rings. The highest BCUT2D eigenvalue weighted by Gasteiger charge is 2.51. The van der Waals surface area contributed by atoms with Crippen molar-refractivity contribution in [1.29, 1.82) is 5.26 Å². The third-order valence-corrected chi connectivity index (χ3v) is 5.24. The molecule has 0 radical (unpaired) electrons. The van der Waals surface area contributed by atoms with Crippen LogP contribution < -0.4 is 5.32 Å². The Labute approximate surface area is 137 Å². The van der Waals surface area contributed by atoms with Gasteiger partial charge in [0, 0.05) is 23.9 Å². The van der Waals surface area contributed by atoms with Crippen LogP contribution in [0.1, 0.15) is 37.1 Å². The lowest BCUT2D eigenvalue weighted by atomic mass is 9.67. The first-order valence-electron chi connectivity index (χ1n) is 8.07. The summed E-state index contributed by atoms with van der Waals surface area (Å²) in [6, 6.07) is 22.2. The van der Waals surface area contributed by atoms with Crippen LogP contribution in [0.25, 0.3) is 0 Å². The van der Waals surface area contributed by atoms with Crippen LogP contribution in [0.3, 0.4) is 0 Å². The molecule has 2 N–H and O–H groups in total. The van der Waals surface area contributed by atoms with Crippen molar-refractivity contribution in [3.63, 3.8) is 0 Å². The zero-order valence-corrected chi connectivity index (χ0v) is 13.5. The van der Waals surface area contributed by atoms with E-state index in [-0.39, 0.29) is 23.9 Å². The van der Waals surface area contributed by atoms with Gasteiger partial charge in [-0.3, -0.25) is 0 Å². The van der Waals surface area contributed by atoms with E-state index in [0.29, 0.717) is 0 Å². The monoisotopic (exact) mass is 306 g/mol. The average Bonchev–Trinajstić information content (AvgIpc) is 2.61. The first-order chi connectivity index (χ1) is 11.1. The van der Waals surface area contributed by atoms with E-state index in [0.717, 1.165) is 11.1 Å². The molecule has 0 spiro atoms. The van der Waals surface area contributed by atoms with E-state index in [1.165, 1.54) is 0 Å². The molecule has 0 amide bonds. The summed E-state index contributed by atoms with van der Waals surface area (Å²) in [5.41, 5.74) is 0.828. The summed E-state index contributed by atoms with van der Waals surface area (Å²) in [6.07, 6.45) is 0. The Balaban J connectivity index is 2.04. The molecular weight excluding hydrogens is 284 g/mol. The summed E-state index contributed by atoms with van der Waals surface area (Å²) in [4.78, 5) is 0. The first-order valence-corrected chi connectivity index (χ1v) is 8.07.